The van der Waals surface area contributed by atoms with Gasteiger partial charge in [-0.05, 0) is 78.7 Å². The van der Waals surface area contributed by atoms with Gasteiger partial charge in [0.1, 0.15) is 24.1 Å². The first-order valence-electron chi connectivity index (χ1n) is 11.0. The van der Waals surface area contributed by atoms with E-state index in [-0.39, 0.29) is 12.3 Å². The minimum Gasteiger partial charge on any atom is -0.497 e. The van der Waals surface area contributed by atoms with Crippen molar-refractivity contribution in [1.82, 2.24) is 5.43 Å². The van der Waals surface area contributed by atoms with E-state index in [4.69, 9.17) is 9.47 Å². The Balaban J connectivity index is 1.57. The van der Waals surface area contributed by atoms with E-state index in [0.29, 0.717) is 22.7 Å². The fraction of sp³-hybridized carbons (Fsp3) is 0.200. The van der Waals surface area contributed by atoms with E-state index in [1.54, 1.807) is 60.7 Å². The van der Waals surface area contributed by atoms with E-state index >= 15 is 0 Å². The second-order valence-electron chi connectivity index (χ2n) is 7.95. The molecular weight excluding hydrogens is 500 g/mol. The number of nitrogens with zero attached hydrogens (tertiary/aromatic N) is 3. The van der Waals surface area contributed by atoms with Crippen molar-refractivity contribution in [2.45, 2.75) is 19.6 Å². The Kier molecular flexibility index (Phi) is 8.80. The number of nitro benzene ring substituents is 1. The number of methoxy groups -OCH3 is 1. The van der Waals surface area contributed by atoms with Gasteiger partial charge in [-0.3, -0.25) is 19.2 Å². The second-order valence-corrected chi connectivity index (χ2v) is 9.81. The standard InChI is InChI=1S/C25H26N4O7S/c1-18(28(37(3,33)34)21-10-14-23(35-2)15-11-21)25(30)27-26-16-19-6-12-24(13-7-19)36-17-20-4-8-22(9-5-20)29(31)32/h4-16,18H,17H2,1-3H3,(H,27,30)/b26-16-/t18-/m1/s1. The summed E-state index contributed by atoms with van der Waals surface area (Å²) in [7, 11) is -2.26. The van der Waals surface area contributed by atoms with Crippen LogP contribution in [0.15, 0.2) is 77.9 Å². The molecule has 1 amide bonds. The number of carbonyl (C=O) groups is 1. The number of non-ortho nitro benzene ring substituents is 1. The van der Waals surface area contributed by atoms with Gasteiger partial charge in [0.2, 0.25) is 10.0 Å². The highest BCUT2D eigenvalue weighted by Crippen LogP contribution is 2.24. The number of amides is 1. The number of rotatable bonds is 11. The van der Waals surface area contributed by atoms with E-state index in [0.717, 1.165) is 16.1 Å². The van der Waals surface area contributed by atoms with E-state index in [1.807, 2.05) is 0 Å². The van der Waals surface area contributed by atoms with Crippen LogP contribution in [0, 0.1) is 10.1 Å². The number of hydrogen-bond acceptors (Lipinski definition) is 8. The predicted molar refractivity (Wildman–Crippen MR) is 139 cm³/mol. The van der Waals surface area contributed by atoms with Crippen LogP contribution in [0.4, 0.5) is 11.4 Å². The minimum absolute atomic E-state index is 0.0126. The second kappa shape index (κ2) is 12.0. The van der Waals surface area contributed by atoms with Crippen LogP contribution in [0.1, 0.15) is 18.1 Å². The molecule has 0 aromatic heterocycles. The van der Waals surface area contributed by atoms with Crippen molar-refractivity contribution < 1.29 is 27.6 Å². The lowest BCUT2D eigenvalue weighted by atomic mass is 10.2. The Bertz CT molecular complexity index is 1360. The summed E-state index contributed by atoms with van der Waals surface area (Å²) in [4.78, 5) is 22.9. The number of nitrogens with one attached hydrogen (secondary N) is 1. The Morgan fingerprint density at radius 1 is 1.05 bits per heavy atom. The van der Waals surface area contributed by atoms with Crippen LogP contribution in [0.25, 0.3) is 0 Å². The summed E-state index contributed by atoms with van der Waals surface area (Å²) in [5.74, 6) is 0.527. The summed E-state index contributed by atoms with van der Waals surface area (Å²) in [5, 5.41) is 14.7. The molecule has 194 valence electrons. The Hall–Kier alpha value is -4.45. The van der Waals surface area contributed by atoms with Crippen molar-refractivity contribution >= 4 is 33.5 Å². The average molecular weight is 527 g/mol. The Morgan fingerprint density at radius 3 is 2.19 bits per heavy atom. The zero-order valence-electron chi connectivity index (χ0n) is 20.4. The molecule has 3 rings (SSSR count). The zero-order chi connectivity index (χ0) is 27.0. The summed E-state index contributed by atoms with van der Waals surface area (Å²) in [6.07, 6.45) is 2.44. The summed E-state index contributed by atoms with van der Waals surface area (Å²) < 4.78 is 36.6. The highest BCUT2D eigenvalue weighted by Gasteiger charge is 2.29. The van der Waals surface area contributed by atoms with Gasteiger partial charge in [0.15, 0.2) is 0 Å². The van der Waals surface area contributed by atoms with Crippen LogP contribution in [-0.4, -0.2) is 44.9 Å². The number of hydrogen-bond donors (Lipinski definition) is 1. The van der Waals surface area contributed by atoms with Crippen molar-refractivity contribution in [3.8, 4) is 11.5 Å². The van der Waals surface area contributed by atoms with Gasteiger partial charge in [0.25, 0.3) is 11.6 Å². The first-order valence-corrected chi connectivity index (χ1v) is 12.9. The van der Waals surface area contributed by atoms with E-state index < -0.39 is 26.9 Å². The Labute approximate surface area is 214 Å². The number of sulfonamides is 1. The van der Waals surface area contributed by atoms with Gasteiger partial charge in [-0.1, -0.05) is 0 Å². The molecule has 12 heteroatoms. The summed E-state index contributed by atoms with van der Waals surface area (Å²) in [6, 6.07) is 18.2. The van der Waals surface area contributed by atoms with E-state index in [1.165, 1.54) is 32.4 Å². The molecule has 1 N–H and O–H groups in total. The van der Waals surface area contributed by atoms with Crippen LogP contribution >= 0.6 is 0 Å². The van der Waals surface area contributed by atoms with Gasteiger partial charge in [0.05, 0.1) is 30.2 Å². The first kappa shape index (κ1) is 27.1. The quantitative estimate of drug-likeness (QED) is 0.229. The van der Waals surface area contributed by atoms with Crippen LogP contribution in [0.5, 0.6) is 11.5 Å². The molecule has 1 atom stereocenters. The molecular formula is C25H26N4O7S. The van der Waals surface area contributed by atoms with Crippen molar-refractivity contribution in [1.29, 1.82) is 0 Å². The largest absolute Gasteiger partial charge is 0.497 e. The lowest BCUT2D eigenvalue weighted by molar-refractivity contribution is -0.384. The van der Waals surface area contributed by atoms with Crippen LogP contribution in [0.3, 0.4) is 0 Å². The van der Waals surface area contributed by atoms with Crippen LogP contribution in [0.2, 0.25) is 0 Å². The lowest BCUT2D eigenvalue weighted by Crippen LogP contribution is -2.46. The number of nitro groups is 1. The number of carbonyl (C=O) groups excluding carboxylic acids is 1. The molecule has 0 saturated carbocycles. The van der Waals surface area contributed by atoms with Gasteiger partial charge >= 0.3 is 0 Å². The van der Waals surface area contributed by atoms with Crippen LogP contribution < -0.4 is 19.2 Å². The molecule has 11 nitrogen and oxygen atoms in total. The normalized spacial score (nSPS) is 12.1. The van der Waals surface area contributed by atoms with Crippen molar-refractivity contribution in [2.24, 2.45) is 5.10 Å². The number of hydrazone groups is 1. The third-order valence-electron chi connectivity index (χ3n) is 5.24. The zero-order valence-corrected chi connectivity index (χ0v) is 21.2. The molecule has 0 aliphatic rings. The molecule has 0 bridgehead atoms. The molecule has 0 aliphatic heterocycles. The van der Waals surface area contributed by atoms with Crippen LogP contribution in [-0.2, 0) is 21.4 Å². The van der Waals surface area contributed by atoms with Gasteiger partial charge in [0, 0.05) is 12.1 Å². The fourth-order valence-corrected chi connectivity index (χ4v) is 4.51. The molecule has 0 heterocycles. The number of benzene rings is 3. The smallest absolute Gasteiger partial charge is 0.269 e. The van der Waals surface area contributed by atoms with E-state index in [2.05, 4.69) is 10.5 Å². The van der Waals surface area contributed by atoms with Gasteiger partial charge in [-0.2, -0.15) is 5.10 Å². The van der Waals surface area contributed by atoms with Crippen molar-refractivity contribution in [3.05, 3.63) is 94.0 Å². The molecule has 0 saturated heterocycles. The number of ether oxygens (including phenoxy) is 2. The predicted octanol–water partition coefficient (Wildman–Crippen LogP) is 3.49. The van der Waals surface area contributed by atoms with Gasteiger partial charge in [-0.15, -0.1) is 0 Å². The van der Waals surface area contributed by atoms with Crippen molar-refractivity contribution in [3.63, 3.8) is 0 Å². The maximum Gasteiger partial charge on any atom is 0.269 e. The molecule has 3 aromatic carbocycles. The molecule has 0 unspecified atom stereocenters. The molecule has 3 aromatic rings. The Morgan fingerprint density at radius 2 is 1.65 bits per heavy atom. The van der Waals surface area contributed by atoms with Gasteiger partial charge < -0.3 is 9.47 Å². The lowest BCUT2D eigenvalue weighted by Gasteiger charge is -2.27. The summed E-state index contributed by atoms with van der Waals surface area (Å²) >= 11 is 0. The SMILES string of the molecule is COc1ccc(N([C@H](C)C(=O)N/N=C\c2ccc(OCc3ccc([N+](=O)[O-])cc3)cc2)S(C)(=O)=O)cc1. The highest BCUT2D eigenvalue weighted by atomic mass is 32.2. The molecule has 0 fully saturated rings. The number of anilines is 1. The molecule has 0 aliphatic carbocycles. The molecule has 37 heavy (non-hydrogen) atoms. The molecule has 0 spiro atoms. The fourth-order valence-electron chi connectivity index (χ4n) is 3.33. The van der Waals surface area contributed by atoms with Gasteiger partial charge in [-0.25, -0.2) is 13.8 Å². The third kappa shape index (κ3) is 7.51. The summed E-state index contributed by atoms with van der Waals surface area (Å²) in [5.41, 5.74) is 4.16. The third-order valence-corrected chi connectivity index (χ3v) is 6.48. The maximum absolute atomic E-state index is 12.6. The molecule has 0 radical (unpaired) electrons. The van der Waals surface area contributed by atoms with Crippen molar-refractivity contribution in [2.75, 3.05) is 17.7 Å². The minimum atomic E-state index is -3.76. The van der Waals surface area contributed by atoms with E-state index in [9.17, 15) is 23.3 Å². The monoisotopic (exact) mass is 526 g/mol. The topological polar surface area (TPSA) is 140 Å². The highest BCUT2D eigenvalue weighted by molar-refractivity contribution is 7.92. The average Bonchev–Trinajstić information content (AvgIpc) is 2.88. The maximum atomic E-state index is 12.6. The summed E-state index contributed by atoms with van der Waals surface area (Å²) in [6.45, 7) is 1.71. The first-order chi connectivity index (χ1) is 17.6.